The van der Waals surface area contributed by atoms with Gasteiger partial charge in [0.1, 0.15) is 11.2 Å². The summed E-state index contributed by atoms with van der Waals surface area (Å²) in [5, 5.41) is -0.757. The molecule has 5 heteroatoms. The molecule has 0 aliphatic rings. The topological polar surface area (TPSA) is 43.1 Å². The van der Waals surface area contributed by atoms with Gasteiger partial charge in [0, 0.05) is 0 Å². The van der Waals surface area contributed by atoms with Crippen molar-refractivity contribution in [1.29, 1.82) is 0 Å². The van der Waals surface area contributed by atoms with E-state index in [0.29, 0.717) is 10.9 Å². The summed E-state index contributed by atoms with van der Waals surface area (Å²) in [6.45, 7) is 0. The van der Waals surface area contributed by atoms with Crippen LogP contribution in [0.4, 0.5) is 4.39 Å². The van der Waals surface area contributed by atoms with Crippen molar-refractivity contribution in [2.24, 2.45) is 5.73 Å². The van der Waals surface area contributed by atoms with E-state index in [1.807, 2.05) is 0 Å². The van der Waals surface area contributed by atoms with Crippen LogP contribution in [0.25, 0.3) is 0 Å². The molecular weight excluding hydrogens is 272 g/mol. The molecule has 76 valence electrons. The highest BCUT2D eigenvalue weighted by Gasteiger charge is 2.12. The van der Waals surface area contributed by atoms with E-state index in [1.54, 1.807) is 12.1 Å². The zero-order valence-corrected chi connectivity index (χ0v) is 9.48. The smallest absolute Gasteiger partial charge is 0.235 e. The summed E-state index contributed by atoms with van der Waals surface area (Å²) in [7, 11) is 0. The molecule has 0 spiro atoms. The van der Waals surface area contributed by atoms with Crippen molar-refractivity contribution in [2.45, 2.75) is 11.8 Å². The van der Waals surface area contributed by atoms with E-state index in [-0.39, 0.29) is 5.82 Å². The maximum absolute atomic E-state index is 12.8. The largest absolute Gasteiger partial charge is 0.368 e. The maximum Gasteiger partial charge on any atom is 0.235 e. The summed E-state index contributed by atoms with van der Waals surface area (Å²) >= 11 is 8.70. The van der Waals surface area contributed by atoms with Crippen LogP contribution in [0, 0.1) is 5.82 Å². The van der Waals surface area contributed by atoms with Crippen molar-refractivity contribution >= 4 is 33.4 Å². The van der Waals surface area contributed by atoms with Gasteiger partial charge in [0.25, 0.3) is 0 Å². The molecule has 2 N–H and O–H groups in total. The number of primary amides is 1. The standard InChI is InChI=1S/C9H8BrClFNO/c10-6-3-5(1-2-8(6)12)4-7(11)9(13)14/h1-3,7H,4H2,(H2,13,14). The molecule has 0 heterocycles. The van der Waals surface area contributed by atoms with Crippen LogP contribution in [-0.4, -0.2) is 11.3 Å². The van der Waals surface area contributed by atoms with E-state index < -0.39 is 11.3 Å². The molecule has 0 saturated carbocycles. The van der Waals surface area contributed by atoms with Gasteiger partial charge in [-0.05, 0) is 40.0 Å². The molecule has 1 rings (SSSR count). The quantitative estimate of drug-likeness (QED) is 0.848. The Morgan fingerprint density at radius 1 is 1.64 bits per heavy atom. The number of amides is 1. The second-order valence-corrected chi connectivity index (χ2v) is 4.20. The number of halogens is 3. The predicted molar refractivity (Wildman–Crippen MR) is 56.6 cm³/mol. The number of hydrogen-bond donors (Lipinski definition) is 1. The second kappa shape index (κ2) is 4.75. The zero-order valence-electron chi connectivity index (χ0n) is 7.14. The van der Waals surface area contributed by atoms with Crippen LogP contribution in [0.15, 0.2) is 22.7 Å². The van der Waals surface area contributed by atoms with Crippen LogP contribution in [0.2, 0.25) is 0 Å². The Morgan fingerprint density at radius 3 is 2.79 bits per heavy atom. The van der Waals surface area contributed by atoms with Crippen LogP contribution < -0.4 is 5.73 Å². The first-order chi connectivity index (χ1) is 6.50. The highest BCUT2D eigenvalue weighted by Crippen LogP contribution is 2.18. The van der Waals surface area contributed by atoms with E-state index in [0.717, 1.165) is 5.56 Å². The molecule has 1 aromatic carbocycles. The fourth-order valence-corrected chi connectivity index (χ4v) is 1.58. The van der Waals surface area contributed by atoms with E-state index in [2.05, 4.69) is 15.9 Å². The Hall–Kier alpha value is -0.610. The Morgan fingerprint density at radius 2 is 2.29 bits per heavy atom. The number of carbonyl (C=O) groups excluding carboxylic acids is 1. The summed E-state index contributed by atoms with van der Waals surface area (Å²) < 4.78 is 13.2. The number of hydrogen-bond acceptors (Lipinski definition) is 1. The van der Waals surface area contributed by atoms with Gasteiger partial charge in [-0.15, -0.1) is 11.6 Å². The monoisotopic (exact) mass is 279 g/mol. The molecule has 0 fully saturated rings. The van der Waals surface area contributed by atoms with Gasteiger partial charge in [-0.2, -0.15) is 0 Å². The minimum Gasteiger partial charge on any atom is -0.368 e. The van der Waals surface area contributed by atoms with Crippen LogP contribution in [0.3, 0.4) is 0 Å². The minimum absolute atomic E-state index is 0.301. The number of alkyl halides is 1. The molecule has 0 aliphatic heterocycles. The Balaban J connectivity index is 2.78. The molecule has 0 aliphatic carbocycles. The average molecular weight is 281 g/mol. The summed E-state index contributed by atoms with van der Waals surface area (Å²) in [6.07, 6.45) is 0.301. The van der Waals surface area contributed by atoms with Gasteiger partial charge in [0.05, 0.1) is 4.47 Å². The van der Waals surface area contributed by atoms with Crippen LogP contribution in [-0.2, 0) is 11.2 Å². The lowest BCUT2D eigenvalue weighted by atomic mass is 10.1. The first-order valence-corrected chi connectivity index (χ1v) is 5.11. The molecule has 2 nitrogen and oxygen atoms in total. The van der Waals surface area contributed by atoms with Gasteiger partial charge in [-0.3, -0.25) is 4.79 Å². The third kappa shape index (κ3) is 2.96. The van der Waals surface area contributed by atoms with Crippen molar-refractivity contribution in [2.75, 3.05) is 0 Å². The Bertz CT molecular complexity index is 359. The maximum atomic E-state index is 12.8. The highest BCUT2D eigenvalue weighted by molar-refractivity contribution is 9.10. The normalized spacial score (nSPS) is 12.5. The molecule has 1 aromatic rings. The lowest BCUT2D eigenvalue weighted by molar-refractivity contribution is -0.117. The number of carbonyl (C=O) groups is 1. The van der Waals surface area contributed by atoms with Gasteiger partial charge >= 0.3 is 0 Å². The molecule has 1 amide bonds. The molecule has 1 atom stereocenters. The highest BCUT2D eigenvalue weighted by atomic mass is 79.9. The van der Waals surface area contributed by atoms with Crippen molar-refractivity contribution < 1.29 is 9.18 Å². The van der Waals surface area contributed by atoms with Gasteiger partial charge in [0.2, 0.25) is 5.91 Å². The predicted octanol–water partition coefficient (Wildman–Crippen LogP) is 2.22. The van der Waals surface area contributed by atoms with E-state index in [9.17, 15) is 9.18 Å². The molecule has 0 saturated heterocycles. The summed E-state index contributed by atoms with van der Waals surface area (Å²) in [5.41, 5.74) is 5.76. The minimum atomic E-state index is -0.757. The fourth-order valence-electron chi connectivity index (χ4n) is 0.974. The van der Waals surface area contributed by atoms with Crippen LogP contribution >= 0.6 is 27.5 Å². The van der Waals surface area contributed by atoms with Gasteiger partial charge in [-0.1, -0.05) is 6.07 Å². The average Bonchev–Trinajstić information content (AvgIpc) is 2.11. The lowest BCUT2D eigenvalue weighted by Gasteiger charge is -2.05. The van der Waals surface area contributed by atoms with Crippen molar-refractivity contribution in [3.63, 3.8) is 0 Å². The summed E-state index contributed by atoms with van der Waals surface area (Å²) in [4.78, 5) is 10.7. The van der Waals surface area contributed by atoms with Gasteiger partial charge < -0.3 is 5.73 Å². The number of nitrogens with two attached hydrogens (primary N) is 1. The second-order valence-electron chi connectivity index (χ2n) is 2.82. The van der Waals surface area contributed by atoms with E-state index in [4.69, 9.17) is 17.3 Å². The van der Waals surface area contributed by atoms with E-state index in [1.165, 1.54) is 6.07 Å². The van der Waals surface area contributed by atoms with Crippen LogP contribution in [0.1, 0.15) is 5.56 Å². The SMILES string of the molecule is NC(=O)C(Cl)Cc1ccc(F)c(Br)c1. The van der Waals surface area contributed by atoms with Gasteiger partial charge in [-0.25, -0.2) is 4.39 Å². The first-order valence-electron chi connectivity index (χ1n) is 3.88. The fraction of sp³-hybridized carbons (Fsp3) is 0.222. The molecular formula is C9H8BrClFNO. The third-order valence-corrected chi connectivity index (χ3v) is 2.68. The van der Waals surface area contributed by atoms with E-state index >= 15 is 0 Å². The molecule has 0 bridgehead atoms. The van der Waals surface area contributed by atoms with Crippen LogP contribution in [0.5, 0.6) is 0 Å². The van der Waals surface area contributed by atoms with Gasteiger partial charge in [0.15, 0.2) is 0 Å². The molecule has 0 radical (unpaired) electrons. The van der Waals surface area contributed by atoms with Crippen molar-refractivity contribution in [3.05, 3.63) is 34.1 Å². The zero-order chi connectivity index (χ0) is 10.7. The summed E-state index contributed by atoms with van der Waals surface area (Å²) in [6, 6.07) is 4.45. The first kappa shape index (κ1) is 11.5. The summed E-state index contributed by atoms with van der Waals surface area (Å²) in [5.74, 6) is -0.925. The Labute approximate surface area is 94.4 Å². The Kier molecular flexibility index (Phi) is 3.89. The lowest BCUT2D eigenvalue weighted by Crippen LogP contribution is -2.25. The molecule has 14 heavy (non-hydrogen) atoms. The third-order valence-electron chi connectivity index (χ3n) is 1.71. The van der Waals surface area contributed by atoms with Crippen molar-refractivity contribution in [3.8, 4) is 0 Å². The molecule has 1 unspecified atom stereocenters. The number of rotatable bonds is 3. The molecule has 0 aromatic heterocycles. The number of benzene rings is 1. The van der Waals surface area contributed by atoms with Crippen molar-refractivity contribution in [1.82, 2.24) is 0 Å².